The SMILES string of the molecule is CC[C@H](N)[C@@H](C)Nc1nc(Nc2ccc3c(c2)c(OC(F)F)nn3CCOC)c(C(N)=O)cc1F. The minimum atomic E-state index is -3.08. The summed E-state index contributed by atoms with van der Waals surface area (Å²) in [6.07, 6.45) is 0.654. The number of hydrogen-bond donors (Lipinski definition) is 4. The summed E-state index contributed by atoms with van der Waals surface area (Å²) in [6, 6.07) is 5.16. The van der Waals surface area contributed by atoms with Crippen molar-refractivity contribution in [3.8, 4) is 5.88 Å². The molecule has 0 radical (unpaired) electrons. The van der Waals surface area contributed by atoms with Crippen LogP contribution in [0.25, 0.3) is 10.9 Å². The van der Waals surface area contributed by atoms with E-state index in [1.807, 2.05) is 6.92 Å². The van der Waals surface area contributed by atoms with Gasteiger partial charge in [0.25, 0.3) is 5.91 Å². The van der Waals surface area contributed by atoms with Gasteiger partial charge in [0.1, 0.15) is 5.82 Å². The second-order valence-electron chi connectivity index (χ2n) is 7.84. The summed E-state index contributed by atoms with van der Waals surface area (Å²) in [6.45, 7) is 1.22. The number of methoxy groups -OCH3 is 1. The van der Waals surface area contributed by atoms with Crippen molar-refractivity contribution in [3.63, 3.8) is 0 Å². The second-order valence-corrected chi connectivity index (χ2v) is 7.84. The molecule has 3 rings (SSSR count). The van der Waals surface area contributed by atoms with Crippen molar-refractivity contribution < 1.29 is 27.4 Å². The van der Waals surface area contributed by atoms with E-state index in [-0.39, 0.29) is 40.5 Å². The highest BCUT2D eigenvalue weighted by Gasteiger charge is 2.20. The number of halogens is 3. The lowest BCUT2D eigenvalue weighted by Crippen LogP contribution is -2.38. The fourth-order valence-corrected chi connectivity index (χ4v) is 3.43. The number of pyridine rings is 1. The predicted molar refractivity (Wildman–Crippen MR) is 126 cm³/mol. The number of carbonyl (C=O) groups excluding carboxylic acids is 1. The maximum atomic E-state index is 14.6. The van der Waals surface area contributed by atoms with Gasteiger partial charge in [-0.3, -0.25) is 9.48 Å². The number of amides is 1. The Kier molecular flexibility index (Phi) is 8.35. The molecule has 0 aliphatic heterocycles. The van der Waals surface area contributed by atoms with Crippen LogP contribution in [0.1, 0.15) is 30.6 Å². The number of aromatic nitrogens is 3. The van der Waals surface area contributed by atoms with E-state index in [4.69, 9.17) is 16.2 Å². The van der Waals surface area contributed by atoms with Gasteiger partial charge in [-0.15, -0.1) is 5.10 Å². The fourth-order valence-electron chi connectivity index (χ4n) is 3.43. The summed E-state index contributed by atoms with van der Waals surface area (Å²) >= 11 is 0. The third kappa shape index (κ3) is 6.11. The number of rotatable bonds is 12. The molecule has 1 amide bonds. The Bertz CT molecular complexity index is 1190. The quantitative estimate of drug-likeness (QED) is 0.300. The minimum absolute atomic E-state index is 0.0267. The first kappa shape index (κ1) is 26.0. The molecule has 0 saturated carbocycles. The van der Waals surface area contributed by atoms with Crippen LogP contribution in [0.5, 0.6) is 5.88 Å². The molecule has 0 spiro atoms. The molecule has 10 nitrogen and oxygen atoms in total. The van der Waals surface area contributed by atoms with E-state index in [1.54, 1.807) is 19.1 Å². The van der Waals surface area contributed by atoms with Gasteiger partial charge >= 0.3 is 6.61 Å². The first-order valence-corrected chi connectivity index (χ1v) is 10.9. The molecule has 0 aliphatic carbocycles. The first-order valence-electron chi connectivity index (χ1n) is 10.9. The number of primary amides is 1. The van der Waals surface area contributed by atoms with Crippen molar-refractivity contribution in [2.45, 2.75) is 45.5 Å². The maximum Gasteiger partial charge on any atom is 0.388 e. The van der Waals surface area contributed by atoms with E-state index < -0.39 is 18.3 Å². The van der Waals surface area contributed by atoms with E-state index in [0.717, 1.165) is 6.07 Å². The molecule has 6 N–H and O–H groups in total. The molecule has 13 heteroatoms. The predicted octanol–water partition coefficient (Wildman–Crippen LogP) is 3.20. The normalized spacial score (nSPS) is 13.1. The molecule has 0 aliphatic rings. The van der Waals surface area contributed by atoms with E-state index in [9.17, 15) is 18.0 Å². The minimum Gasteiger partial charge on any atom is -0.415 e. The Balaban J connectivity index is 2.01. The number of ether oxygens (including phenoxy) is 2. The first-order chi connectivity index (χ1) is 16.6. The topological polar surface area (TPSA) is 142 Å². The largest absolute Gasteiger partial charge is 0.415 e. The van der Waals surface area contributed by atoms with Crippen molar-refractivity contribution in [2.75, 3.05) is 24.4 Å². The van der Waals surface area contributed by atoms with Crippen LogP contribution in [-0.2, 0) is 11.3 Å². The van der Waals surface area contributed by atoms with E-state index in [1.165, 1.54) is 17.9 Å². The molecule has 3 aromatic rings. The van der Waals surface area contributed by atoms with Crippen LogP contribution in [0, 0.1) is 5.82 Å². The highest BCUT2D eigenvalue weighted by molar-refractivity contribution is 5.99. The van der Waals surface area contributed by atoms with E-state index >= 15 is 0 Å². The summed E-state index contributed by atoms with van der Waals surface area (Å²) in [5.74, 6) is -2.10. The molecule has 0 unspecified atom stereocenters. The number of benzene rings is 1. The summed E-state index contributed by atoms with van der Waals surface area (Å²) in [5.41, 5.74) is 12.1. The molecule has 2 heterocycles. The Hall–Kier alpha value is -3.58. The number of alkyl halides is 2. The third-order valence-electron chi connectivity index (χ3n) is 5.41. The summed E-state index contributed by atoms with van der Waals surface area (Å²) in [7, 11) is 1.51. The molecule has 1 aromatic carbocycles. The highest BCUT2D eigenvalue weighted by Crippen LogP contribution is 2.31. The number of nitrogens with zero attached hydrogens (tertiary/aromatic N) is 3. The monoisotopic (exact) mass is 495 g/mol. The van der Waals surface area contributed by atoms with Crippen LogP contribution in [0.15, 0.2) is 24.3 Å². The zero-order chi connectivity index (χ0) is 25.7. The fraction of sp³-hybridized carbons (Fsp3) is 0.409. The number of nitrogens with two attached hydrogens (primary N) is 2. The summed E-state index contributed by atoms with van der Waals surface area (Å²) < 4.78 is 51.6. The van der Waals surface area contributed by atoms with Crippen molar-refractivity contribution in [2.24, 2.45) is 11.5 Å². The van der Waals surface area contributed by atoms with Crippen molar-refractivity contribution in [1.29, 1.82) is 0 Å². The Morgan fingerprint density at radius 3 is 2.63 bits per heavy atom. The summed E-state index contributed by atoms with van der Waals surface area (Å²) in [4.78, 5) is 16.2. The van der Waals surface area contributed by atoms with Crippen LogP contribution in [-0.4, -0.2) is 53.1 Å². The number of anilines is 3. The molecule has 2 atom stereocenters. The van der Waals surface area contributed by atoms with Gasteiger partial charge in [0.2, 0.25) is 5.88 Å². The lowest BCUT2D eigenvalue weighted by molar-refractivity contribution is -0.0523. The van der Waals surface area contributed by atoms with Gasteiger partial charge in [0, 0.05) is 24.9 Å². The lowest BCUT2D eigenvalue weighted by atomic mass is 10.1. The molecular formula is C22H28F3N7O3. The van der Waals surface area contributed by atoms with Gasteiger partial charge in [0.15, 0.2) is 11.6 Å². The molecule has 0 fully saturated rings. The Labute approximate surface area is 199 Å². The molecule has 190 valence electrons. The molecule has 2 aromatic heterocycles. The van der Waals surface area contributed by atoms with Gasteiger partial charge in [0.05, 0.1) is 29.6 Å². The number of carbonyl (C=O) groups is 1. The smallest absolute Gasteiger partial charge is 0.388 e. The van der Waals surface area contributed by atoms with Crippen LogP contribution >= 0.6 is 0 Å². The number of hydrogen-bond acceptors (Lipinski definition) is 8. The van der Waals surface area contributed by atoms with Gasteiger partial charge in [-0.05, 0) is 37.6 Å². The van der Waals surface area contributed by atoms with Crippen LogP contribution < -0.4 is 26.8 Å². The zero-order valence-corrected chi connectivity index (χ0v) is 19.5. The second kappa shape index (κ2) is 11.2. The maximum absolute atomic E-state index is 14.6. The number of nitrogens with one attached hydrogen (secondary N) is 2. The van der Waals surface area contributed by atoms with Gasteiger partial charge in [-0.25, -0.2) is 9.37 Å². The Morgan fingerprint density at radius 2 is 2.00 bits per heavy atom. The molecule has 35 heavy (non-hydrogen) atoms. The third-order valence-corrected chi connectivity index (χ3v) is 5.41. The van der Waals surface area contributed by atoms with Crippen molar-refractivity contribution >= 4 is 34.1 Å². The van der Waals surface area contributed by atoms with Crippen molar-refractivity contribution in [3.05, 3.63) is 35.6 Å². The van der Waals surface area contributed by atoms with E-state index in [2.05, 4.69) is 25.5 Å². The summed E-state index contributed by atoms with van der Waals surface area (Å²) in [5, 5.41) is 10.2. The van der Waals surface area contributed by atoms with Gasteiger partial charge in [-0.1, -0.05) is 6.92 Å². The average Bonchev–Trinajstić information content (AvgIpc) is 3.14. The number of fused-ring (bicyclic) bond motifs is 1. The molecular weight excluding hydrogens is 467 g/mol. The van der Waals surface area contributed by atoms with Crippen LogP contribution in [0.3, 0.4) is 0 Å². The standard InChI is InChI=1S/C22H28F3N7O3/c1-4-16(26)11(2)28-20-15(23)10-14(18(27)33)19(30-20)29-12-5-6-17-13(9-12)21(35-22(24)25)31-32(17)7-8-34-3/h5-6,9-11,16,22H,4,7-8,26H2,1-3H3,(H2,27,33)(H2,28,29,30)/t11-,16+/m1/s1. The Morgan fingerprint density at radius 1 is 1.26 bits per heavy atom. The zero-order valence-electron chi connectivity index (χ0n) is 19.5. The van der Waals surface area contributed by atoms with Crippen molar-refractivity contribution in [1.82, 2.24) is 14.8 Å². The van der Waals surface area contributed by atoms with Crippen LogP contribution in [0.2, 0.25) is 0 Å². The molecule has 0 bridgehead atoms. The van der Waals surface area contributed by atoms with Crippen LogP contribution in [0.4, 0.5) is 30.5 Å². The highest BCUT2D eigenvalue weighted by atomic mass is 19.3. The lowest BCUT2D eigenvalue weighted by Gasteiger charge is -2.21. The van der Waals surface area contributed by atoms with Gasteiger partial charge in [-0.2, -0.15) is 8.78 Å². The van der Waals surface area contributed by atoms with Gasteiger partial charge < -0.3 is 31.6 Å². The van der Waals surface area contributed by atoms with E-state index in [0.29, 0.717) is 30.8 Å². The average molecular weight is 496 g/mol. The molecule has 0 saturated heterocycles.